The summed E-state index contributed by atoms with van der Waals surface area (Å²) in [6.45, 7) is 6.59. The van der Waals surface area contributed by atoms with Crippen molar-refractivity contribution in [2.45, 2.75) is 322 Å². The monoisotopic (exact) mass is 993 g/mol. The summed E-state index contributed by atoms with van der Waals surface area (Å²) in [5.74, 6) is -0.875. The molecule has 0 saturated carbocycles. The van der Waals surface area contributed by atoms with E-state index in [0.717, 1.165) is 77.0 Å². The third kappa shape index (κ3) is 57.9. The lowest BCUT2D eigenvalue weighted by molar-refractivity contribution is -0.167. The Labute approximate surface area is 440 Å². The lowest BCUT2D eigenvalue weighted by Gasteiger charge is -2.18. The molecule has 6 nitrogen and oxygen atoms in total. The van der Waals surface area contributed by atoms with Gasteiger partial charge in [0.25, 0.3) is 0 Å². The first-order valence-electron chi connectivity index (χ1n) is 30.8. The molecular formula is C65H116O6. The van der Waals surface area contributed by atoms with Crippen LogP contribution in [0.2, 0.25) is 0 Å². The minimum Gasteiger partial charge on any atom is -0.462 e. The average molecular weight is 994 g/mol. The van der Waals surface area contributed by atoms with Gasteiger partial charge in [0.15, 0.2) is 6.10 Å². The highest BCUT2D eigenvalue weighted by atomic mass is 16.6. The van der Waals surface area contributed by atoms with E-state index in [1.54, 1.807) is 0 Å². The number of esters is 3. The lowest BCUT2D eigenvalue weighted by Crippen LogP contribution is -2.30. The maximum absolute atomic E-state index is 12.8. The third-order valence-electron chi connectivity index (χ3n) is 13.5. The molecule has 0 radical (unpaired) electrons. The highest BCUT2D eigenvalue weighted by molar-refractivity contribution is 5.71. The van der Waals surface area contributed by atoms with Crippen molar-refractivity contribution >= 4 is 17.9 Å². The number of hydrogen-bond acceptors (Lipinski definition) is 6. The molecule has 0 aliphatic carbocycles. The van der Waals surface area contributed by atoms with Gasteiger partial charge in [0.05, 0.1) is 0 Å². The number of unbranched alkanes of at least 4 members (excludes halogenated alkanes) is 35. The van der Waals surface area contributed by atoms with Crippen LogP contribution in [0.25, 0.3) is 0 Å². The van der Waals surface area contributed by atoms with E-state index in [1.807, 2.05) is 0 Å². The van der Waals surface area contributed by atoms with Crippen molar-refractivity contribution in [2.24, 2.45) is 0 Å². The summed E-state index contributed by atoms with van der Waals surface area (Å²) in [6.07, 6.45) is 75.3. The van der Waals surface area contributed by atoms with Crippen LogP contribution in [0.5, 0.6) is 0 Å². The molecule has 0 aromatic carbocycles. The molecule has 0 bridgehead atoms. The Kier molecular flexibility index (Phi) is 57.2. The molecule has 0 spiro atoms. The Balaban J connectivity index is 4.12. The summed E-state index contributed by atoms with van der Waals surface area (Å²) in [6, 6.07) is 0. The van der Waals surface area contributed by atoms with Crippen LogP contribution in [-0.2, 0) is 28.6 Å². The van der Waals surface area contributed by atoms with Gasteiger partial charge in [0.1, 0.15) is 13.2 Å². The molecule has 1 unspecified atom stereocenters. The van der Waals surface area contributed by atoms with E-state index in [-0.39, 0.29) is 31.1 Å². The second-order valence-corrected chi connectivity index (χ2v) is 20.6. The van der Waals surface area contributed by atoms with Crippen molar-refractivity contribution in [3.8, 4) is 0 Å². The molecule has 0 aliphatic rings. The topological polar surface area (TPSA) is 78.9 Å². The van der Waals surface area contributed by atoms with E-state index in [4.69, 9.17) is 14.2 Å². The Morgan fingerprint density at radius 1 is 0.282 bits per heavy atom. The molecule has 6 heteroatoms. The zero-order valence-electron chi connectivity index (χ0n) is 47.2. The number of carbonyl (C=O) groups is 3. The normalized spacial score (nSPS) is 12.4. The zero-order valence-corrected chi connectivity index (χ0v) is 47.2. The van der Waals surface area contributed by atoms with Gasteiger partial charge in [-0.2, -0.15) is 0 Å². The fraction of sp³-hybridized carbons (Fsp3) is 0.800. The van der Waals surface area contributed by atoms with Gasteiger partial charge in [-0.3, -0.25) is 14.4 Å². The van der Waals surface area contributed by atoms with Gasteiger partial charge >= 0.3 is 17.9 Å². The summed E-state index contributed by atoms with van der Waals surface area (Å²) < 4.78 is 16.8. The maximum Gasteiger partial charge on any atom is 0.306 e. The summed E-state index contributed by atoms with van der Waals surface area (Å²) in [5.41, 5.74) is 0. The van der Waals surface area contributed by atoms with E-state index in [9.17, 15) is 14.4 Å². The van der Waals surface area contributed by atoms with Gasteiger partial charge in [-0.1, -0.05) is 268 Å². The molecule has 0 N–H and O–H groups in total. The Morgan fingerprint density at radius 3 is 0.817 bits per heavy atom. The average Bonchev–Trinajstić information content (AvgIpc) is 3.37. The van der Waals surface area contributed by atoms with Crippen LogP contribution in [0.1, 0.15) is 316 Å². The van der Waals surface area contributed by atoms with Crippen molar-refractivity contribution < 1.29 is 28.6 Å². The largest absolute Gasteiger partial charge is 0.462 e. The maximum atomic E-state index is 12.8. The van der Waals surface area contributed by atoms with Gasteiger partial charge < -0.3 is 14.2 Å². The summed E-state index contributed by atoms with van der Waals surface area (Å²) in [4.78, 5) is 38.0. The summed E-state index contributed by atoms with van der Waals surface area (Å²) in [5, 5.41) is 0. The van der Waals surface area contributed by atoms with Crippen LogP contribution >= 0.6 is 0 Å². The molecule has 0 fully saturated rings. The van der Waals surface area contributed by atoms with Gasteiger partial charge in [-0.15, -0.1) is 0 Å². The Morgan fingerprint density at radius 2 is 0.507 bits per heavy atom. The van der Waals surface area contributed by atoms with Gasteiger partial charge in [0.2, 0.25) is 0 Å². The van der Waals surface area contributed by atoms with Crippen LogP contribution < -0.4 is 0 Å². The summed E-state index contributed by atoms with van der Waals surface area (Å²) >= 11 is 0. The van der Waals surface area contributed by atoms with Crippen molar-refractivity contribution in [2.75, 3.05) is 13.2 Å². The molecule has 0 amide bonds. The molecule has 0 aromatic rings. The van der Waals surface area contributed by atoms with E-state index < -0.39 is 6.10 Å². The minimum absolute atomic E-state index is 0.0743. The van der Waals surface area contributed by atoms with Gasteiger partial charge in [-0.05, 0) is 89.9 Å². The van der Waals surface area contributed by atoms with Crippen molar-refractivity contribution in [3.63, 3.8) is 0 Å². The number of rotatable bonds is 56. The highest BCUT2D eigenvalue weighted by Gasteiger charge is 2.19. The lowest BCUT2D eigenvalue weighted by atomic mass is 10.0. The molecule has 0 aliphatic heterocycles. The van der Waals surface area contributed by atoms with Crippen molar-refractivity contribution in [3.05, 3.63) is 60.8 Å². The molecule has 0 aromatic heterocycles. The fourth-order valence-corrected chi connectivity index (χ4v) is 8.83. The number of ether oxygens (including phenoxy) is 3. The molecule has 71 heavy (non-hydrogen) atoms. The molecular weight excluding hydrogens is 877 g/mol. The van der Waals surface area contributed by atoms with E-state index in [2.05, 4.69) is 81.5 Å². The first kappa shape index (κ1) is 68.1. The highest BCUT2D eigenvalue weighted by Crippen LogP contribution is 2.16. The second kappa shape index (κ2) is 59.7. The molecule has 412 valence electrons. The van der Waals surface area contributed by atoms with Gasteiger partial charge in [0, 0.05) is 19.3 Å². The third-order valence-corrected chi connectivity index (χ3v) is 13.5. The van der Waals surface area contributed by atoms with E-state index in [0.29, 0.717) is 19.3 Å². The predicted molar refractivity (Wildman–Crippen MR) is 307 cm³/mol. The molecule has 0 heterocycles. The van der Waals surface area contributed by atoms with Gasteiger partial charge in [-0.25, -0.2) is 0 Å². The number of hydrogen-bond donors (Lipinski definition) is 0. The van der Waals surface area contributed by atoms with Crippen molar-refractivity contribution in [1.29, 1.82) is 0 Å². The molecule has 1 atom stereocenters. The first-order chi connectivity index (χ1) is 35.0. The Bertz CT molecular complexity index is 1280. The predicted octanol–water partition coefficient (Wildman–Crippen LogP) is 20.8. The van der Waals surface area contributed by atoms with Crippen molar-refractivity contribution in [1.82, 2.24) is 0 Å². The van der Waals surface area contributed by atoms with Crippen LogP contribution in [-0.4, -0.2) is 37.2 Å². The minimum atomic E-state index is -0.774. The van der Waals surface area contributed by atoms with Crippen LogP contribution in [0.15, 0.2) is 60.8 Å². The number of carbonyl (C=O) groups excluding carboxylic acids is 3. The van der Waals surface area contributed by atoms with Crippen LogP contribution in [0.4, 0.5) is 0 Å². The molecule has 0 rings (SSSR count). The Hall–Kier alpha value is -2.89. The van der Waals surface area contributed by atoms with E-state index in [1.165, 1.54) is 199 Å². The molecule has 0 saturated heterocycles. The standard InChI is InChI=1S/C65H116O6/c1-4-7-10-13-16-18-20-22-24-26-28-29-30-31-32-33-34-35-37-38-40-42-44-46-49-52-55-58-64(67)70-61-62(60-69-63(66)57-54-51-48-15-12-9-6-3)71-65(68)59-56-53-50-47-45-43-41-39-36-27-25-23-21-19-17-14-11-8-5-2/h17,19-20,22-23,25-26,28,30-31,62H,4-16,18,21,24,27,29,32-61H2,1-3H3/b19-17-,22-20-,25-23-,28-26-,31-30-. The smallest absolute Gasteiger partial charge is 0.306 e. The number of allylic oxidation sites excluding steroid dienone is 10. The zero-order chi connectivity index (χ0) is 51.4. The fourth-order valence-electron chi connectivity index (χ4n) is 8.83. The summed E-state index contributed by atoms with van der Waals surface area (Å²) in [7, 11) is 0. The van der Waals surface area contributed by atoms with E-state index >= 15 is 0 Å². The SMILES string of the molecule is CCCCC/C=C\C/C=C\CCCCCCCCCCCC(=O)OC(COC(=O)CCCCCCCCC)COC(=O)CCCCCCCCCCCCCC/C=C\C/C=C\C/C=C\CCCCCCC. The second-order valence-electron chi connectivity index (χ2n) is 20.6. The van der Waals surface area contributed by atoms with Crippen LogP contribution in [0, 0.1) is 0 Å². The van der Waals surface area contributed by atoms with Crippen LogP contribution in [0.3, 0.4) is 0 Å². The first-order valence-corrected chi connectivity index (χ1v) is 30.8. The quantitative estimate of drug-likeness (QED) is 0.0261.